The van der Waals surface area contributed by atoms with E-state index in [-0.39, 0.29) is 0 Å². The van der Waals surface area contributed by atoms with Gasteiger partial charge in [0.15, 0.2) is 24.3 Å². The fourth-order valence-corrected chi connectivity index (χ4v) is 3.13. The molecule has 8 nitrogen and oxygen atoms in total. The molecule has 0 fully saturated rings. The number of aliphatic imine (C=N–C) groups is 1. The number of carbonyl (C=O) groups excluding carboxylic acids is 1. The maximum atomic E-state index is 14.6. The molecule has 2 atom stereocenters. The number of carbonyl (C=O) groups is 1. The average Bonchev–Trinajstić information content (AvgIpc) is 2.73. The van der Waals surface area contributed by atoms with E-state index < -0.39 is 83.4 Å². The van der Waals surface area contributed by atoms with Crippen LogP contribution in [0.2, 0.25) is 0 Å². The number of aromatic nitrogens is 2. The van der Waals surface area contributed by atoms with Crippen LogP contribution in [0.15, 0.2) is 29.5 Å². The number of rotatable bonds is 5. The SMILES string of the molecule is C[C@@]1(c2cc(NC(=O)c3cnc(OCC(F)(F)F)cn3)cc(F)c2F)C[C@@H](C(F)(F)F)N=C(N)O1. The molecule has 1 aliphatic heterocycles. The largest absolute Gasteiger partial charge is 0.467 e. The third kappa shape index (κ3) is 6.24. The van der Waals surface area contributed by atoms with Gasteiger partial charge in [-0.1, -0.05) is 0 Å². The van der Waals surface area contributed by atoms with E-state index in [2.05, 4.69) is 25.0 Å². The molecule has 0 aliphatic carbocycles. The van der Waals surface area contributed by atoms with Crippen molar-refractivity contribution in [2.24, 2.45) is 10.7 Å². The summed E-state index contributed by atoms with van der Waals surface area (Å²) in [6, 6.07) is -1.85. The predicted molar refractivity (Wildman–Crippen MR) is 102 cm³/mol. The van der Waals surface area contributed by atoms with E-state index in [0.717, 1.165) is 25.4 Å². The number of anilines is 1. The van der Waals surface area contributed by atoms with E-state index in [4.69, 9.17) is 10.5 Å². The van der Waals surface area contributed by atoms with Gasteiger partial charge in [0, 0.05) is 23.7 Å². The van der Waals surface area contributed by atoms with Crippen molar-refractivity contribution < 1.29 is 49.4 Å². The number of amidine groups is 1. The van der Waals surface area contributed by atoms with E-state index in [1.54, 1.807) is 0 Å². The highest BCUT2D eigenvalue weighted by Gasteiger charge is 2.49. The Labute approximate surface area is 191 Å². The van der Waals surface area contributed by atoms with Gasteiger partial charge in [0.25, 0.3) is 11.9 Å². The lowest BCUT2D eigenvalue weighted by Crippen LogP contribution is -2.46. The Bertz CT molecular complexity index is 1140. The molecule has 0 saturated carbocycles. The fraction of sp³-hybridized carbons (Fsp3) is 0.368. The highest BCUT2D eigenvalue weighted by molar-refractivity contribution is 6.02. The Kier molecular flexibility index (Phi) is 6.77. The standard InChI is InChI=1S/C19H15F8N5O3/c1-17(4-12(19(25,26)27)32-16(28)35-17)9-2-8(3-10(20)14(9)21)31-15(33)11-5-30-13(6-29-11)34-7-18(22,23)24/h2-3,5-6,12H,4,7H2,1H3,(H2,28,32)(H,31,33)/t12-,17-/m0/s1. The van der Waals surface area contributed by atoms with Gasteiger partial charge in [-0.25, -0.2) is 23.7 Å². The smallest absolute Gasteiger partial charge is 0.422 e. The summed E-state index contributed by atoms with van der Waals surface area (Å²) >= 11 is 0. The predicted octanol–water partition coefficient (Wildman–Crippen LogP) is 3.83. The summed E-state index contributed by atoms with van der Waals surface area (Å²) in [5.41, 5.74) is 1.72. The third-order valence-corrected chi connectivity index (χ3v) is 4.67. The Hall–Kier alpha value is -3.72. The first-order valence-corrected chi connectivity index (χ1v) is 9.49. The van der Waals surface area contributed by atoms with Gasteiger partial charge in [-0.15, -0.1) is 0 Å². The topological polar surface area (TPSA) is 112 Å². The highest BCUT2D eigenvalue weighted by atomic mass is 19.4. The van der Waals surface area contributed by atoms with Gasteiger partial charge < -0.3 is 20.5 Å². The summed E-state index contributed by atoms with van der Waals surface area (Å²) in [5, 5.41) is 2.14. The summed E-state index contributed by atoms with van der Waals surface area (Å²) in [4.78, 5) is 22.6. The molecule has 16 heteroatoms. The van der Waals surface area contributed by atoms with Crippen LogP contribution in [0.25, 0.3) is 0 Å². The lowest BCUT2D eigenvalue weighted by molar-refractivity contribution is -0.164. The molecule has 3 N–H and O–H groups in total. The first kappa shape index (κ1) is 25.9. The van der Waals surface area contributed by atoms with Gasteiger partial charge in [-0.2, -0.15) is 26.3 Å². The van der Waals surface area contributed by atoms with E-state index >= 15 is 0 Å². The molecule has 0 radical (unpaired) electrons. The van der Waals surface area contributed by atoms with Crippen molar-refractivity contribution in [3.63, 3.8) is 0 Å². The van der Waals surface area contributed by atoms with Crippen molar-refractivity contribution in [3.05, 3.63) is 47.4 Å². The summed E-state index contributed by atoms with van der Waals surface area (Å²) in [6.45, 7) is -0.599. The van der Waals surface area contributed by atoms with Gasteiger partial charge in [-0.3, -0.25) is 4.79 Å². The molecule has 1 amide bonds. The molecule has 35 heavy (non-hydrogen) atoms. The van der Waals surface area contributed by atoms with Crippen molar-refractivity contribution in [2.45, 2.75) is 37.3 Å². The maximum absolute atomic E-state index is 14.6. The maximum Gasteiger partial charge on any atom is 0.422 e. The van der Waals surface area contributed by atoms with Crippen LogP contribution in [0.3, 0.4) is 0 Å². The number of nitrogens with one attached hydrogen (secondary N) is 1. The van der Waals surface area contributed by atoms with Crippen LogP contribution in [0.4, 0.5) is 40.8 Å². The van der Waals surface area contributed by atoms with E-state index in [1.165, 1.54) is 0 Å². The number of nitrogens with two attached hydrogens (primary N) is 1. The zero-order valence-electron chi connectivity index (χ0n) is 17.5. The van der Waals surface area contributed by atoms with Crippen LogP contribution in [0.1, 0.15) is 29.4 Å². The molecule has 0 spiro atoms. The molecule has 1 aromatic heterocycles. The second kappa shape index (κ2) is 9.14. The fourth-order valence-electron chi connectivity index (χ4n) is 3.13. The molecule has 0 bridgehead atoms. The number of ether oxygens (including phenoxy) is 2. The molecule has 0 saturated heterocycles. The molecule has 2 aromatic rings. The van der Waals surface area contributed by atoms with Crippen LogP contribution in [0.5, 0.6) is 5.88 Å². The Morgan fingerprint density at radius 2 is 1.89 bits per heavy atom. The summed E-state index contributed by atoms with van der Waals surface area (Å²) in [5.74, 6) is -4.63. The highest BCUT2D eigenvalue weighted by Crippen LogP contribution is 2.41. The van der Waals surface area contributed by atoms with Gasteiger partial charge in [-0.05, 0) is 13.0 Å². The number of benzene rings is 1. The van der Waals surface area contributed by atoms with Crippen molar-refractivity contribution in [2.75, 3.05) is 11.9 Å². The quantitative estimate of drug-likeness (QED) is 0.588. The van der Waals surface area contributed by atoms with Gasteiger partial charge in [0.1, 0.15) is 11.3 Å². The van der Waals surface area contributed by atoms with Crippen molar-refractivity contribution >= 4 is 17.6 Å². The first-order chi connectivity index (χ1) is 16.1. The second-order valence-electron chi connectivity index (χ2n) is 7.48. The monoisotopic (exact) mass is 513 g/mol. The van der Waals surface area contributed by atoms with Crippen molar-refractivity contribution in [1.82, 2.24) is 9.97 Å². The number of hydrogen-bond donors (Lipinski definition) is 2. The molecule has 2 heterocycles. The zero-order valence-corrected chi connectivity index (χ0v) is 17.5. The minimum Gasteiger partial charge on any atom is -0.467 e. The molecule has 0 unspecified atom stereocenters. The minimum absolute atomic E-state index is 0.391. The van der Waals surface area contributed by atoms with Gasteiger partial charge in [0.2, 0.25) is 5.88 Å². The zero-order chi connectivity index (χ0) is 26.2. The number of halogens is 8. The average molecular weight is 513 g/mol. The van der Waals surface area contributed by atoms with Crippen LogP contribution < -0.4 is 15.8 Å². The molecule has 3 rings (SSSR count). The van der Waals surface area contributed by atoms with Crippen molar-refractivity contribution in [3.8, 4) is 5.88 Å². The van der Waals surface area contributed by atoms with Crippen LogP contribution >= 0.6 is 0 Å². The Morgan fingerprint density at radius 3 is 2.46 bits per heavy atom. The summed E-state index contributed by atoms with van der Waals surface area (Å²) in [7, 11) is 0. The lowest BCUT2D eigenvalue weighted by atomic mass is 9.87. The van der Waals surface area contributed by atoms with Crippen LogP contribution in [-0.2, 0) is 10.3 Å². The number of alkyl halides is 6. The molecular weight excluding hydrogens is 498 g/mol. The number of amides is 1. The second-order valence-corrected chi connectivity index (χ2v) is 7.48. The van der Waals surface area contributed by atoms with E-state index in [1.807, 2.05) is 0 Å². The number of nitrogens with zero attached hydrogens (tertiary/aromatic N) is 3. The lowest BCUT2D eigenvalue weighted by Gasteiger charge is -2.37. The van der Waals surface area contributed by atoms with Crippen molar-refractivity contribution in [1.29, 1.82) is 0 Å². The normalized spacial score (nSPS) is 20.6. The van der Waals surface area contributed by atoms with Crippen LogP contribution in [0, 0.1) is 11.6 Å². The Morgan fingerprint density at radius 1 is 1.20 bits per heavy atom. The van der Waals surface area contributed by atoms with E-state index in [0.29, 0.717) is 6.07 Å². The minimum atomic E-state index is -4.84. The molecule has 1 aliphatic rings. The number of hydrogen-bond acceptors (Lipinski definition) is 7. The third-order valence-electron chi connectivity index (χ3n) is 4.67. The molecule has 190 valence electrons. The van der Waals surface area contributed by atoms with Gasteiger partial charge >= 0.3 is 12.4 Å². The summed E-state index contributed by atoms with van der Waals surface area (Å²) in [6.07, 6.45) is -8.91. The summed E-state index contributed by atoms with van der Waals surface area (Å²) < 4.78 is 114. The van der Waals surface area contributed by atoms with Gasteiger partial charge in [0.05, 0.1) is 12.4 Å². The Balaban J connectivity index is 1.83. The molecule has 1 aromatic carbocycles. The molecular formula is C19H15F8N5O3. The van der Waals surface area contributed by atoms with Crippen LogP contribution in [-0.4, -0.2) is 46.9 Å². The van der Waals surface area contributed by atoms with E-state index in [9.17, 15) is 39.9 Å². The first-order valence-electron chi connectivity index (χ1n) is 9.49.